The van der Waals surface area contributed by atoms with Gasteiger partial charge in [0.2, 0.25) is 5.91 Å². The third-order valence-corrected chi connectivity index (χ3v) is 7.67. The van der Waals surface area contributed by atoms with Crippen molar-refractivity contribution in [2.24, 2.45) is 0 Å². The zero-order valence-corrected chi connectivity index (χ0v) is 23.3. The number of amides is 1. The van der Waals surface area contributed by atoms with Gasteiger partial charge in [0.05, 0.1) is 32.4 Å². The van der Waals surface area contributed by atoms with E-state index >= 15 is 0 Å². The summed E-state index contributed by atoms with van der Waals surface area (Å²) in [4.78, 5) is 13.7. The van der Waals surface area contributed by atoms with E-state index in [1.54, 1.807) is 33.5 Å². The average molecular weight is 515 g/mol. The summed E-state index contributed by atoms with van der Waals surface area (Å²) in [5.41, 5.74) is 0.516. The molecule has 1 aromatic heterocycles. The van der Waals surface area contributed by atoms with Crippen LogP contribution in [0.15, 0.2) is 22.7 Å². The number of nitrogens with zero attached hydrogens (tertiary/aromatic N) is 1. The Kier molecular flexibility index (Phi) is 11.6. The van der Waals surface area contributed by atoms with E-state index in [1.807, 2.05) is 6.07 Å². The SMILES string of the molecule is CCCCCCCCCCCCc1cc(C2(C(=O)Nc3c(OC)cc(OC)cc3OC)CCCC2)no1. The molecule has 1 amide bonds. The number of hydrogen-bond acceptors (Lipinski definition) is 6. The lowest BCUT2D eigenvalue weighted by Gasteiger charge is -2.26. The van der Waals surface area contributed by atoms with Gasteiger partial charge in [-0.05, 0) is 19.3 Å². The number of aryl methyl sites for hydroxylation is 1. The second kappa shape index (κ2) is 14.9. The molecule has 1 saturated carbocycles. The summed E-state index contributed by atoms with van der Waals surface area (Å²) in [5, 5.41) is 7.48. The fraction of sp³-hybridized carbons (Fsp3) is 0.667. The number of ether oxygens (including phenoxy) is 3. The van der Waals surface area contributed by atoms with Crippen LogP contribution in [0.4, 0.5) is 5.69 Å². The van der Waals surface area contributed by atoms with E-state index in [4.69, 9.17) is 18.7 Å². The molecule has 7 nitrogen and oxygen atoms in total. The van der Waals surface area contributed by atoms with Crippen LogP contribution in [-0.2, 0) is 16.6 Å². The molecular weight excluding hydrogens is 468 g/mol. The molecule has 1 fully saturated rings. The summed E-state index contributed by atoms with van der Waals surface area (Å²) in [5.74, 6) is 2.33. The summed E-state index contributed by atoms with van der Waals surface area (Å²) in [7, 11) is 4.71. The zero-order chi connectivity index (χ0) is 26.5. The fourth-order valence-corrected chi connectivity index (χ4v) is 5.38. The van der Waals surface area contributed by atoms with E-state index in [1.165, 1.54) is 57.8 Å². The zero-order valence-electron chi connectivity index (χ0n) is 23.3. The molecule has 7 heteroatoms. The predicted molar refractivity (Wildman–Crippen MR) is 147 cm³/mol. The van der Waals surface area contributed by atoms with Crippen LogP contribution in [0.3, 0.4) is 0 Å². The van der Waals surface area contributed by atoms with Crippen molar-refractivity contribution >= 4 is 11.6 Å². The van der Waals surface area contributed by atoms with Crippen LogP contribution in [0.5, 0.6) is 17.2 Å². The average Bonchev–Trinajstić information content (AvgIpc) is 3.60. The number of aromatic nitrogens is 1. The van der Waals surface area contributed by atoms with Gasteiger partial charge in [0, 0.05) is 24.6 Å². The van der Waals surface area contributed by atoms with Crippen LogP contribution >= 0.6 is 0 Å². The lowest BCUT2D eigenvalue weighted by atomic mass is 9.81. The smallest absolute Gasteiger partial charge is 0.236 e. The van der Waals surface area contributed by atoms with E-state index in [0.717, 1.165) is 50.0 Å². The maximum Gasteiger partial charge on any atom is 0.236 e. The minimum absolute atomic E-state index is 0.106. The monoisotopic (exact) mass is 514 g/mol. The van der Waals surface area contributed by atoms with Crippen LogP contribution in [0.1, 0.15) is 108 Å². The molecule has 0 bridgehead atoms. The van der Waals surface area contributed by atoms with Crippen LogP contribution < -0.4 is 19.5 Å². The van der Waals surface area contributed by atoms with Gasteiger partial charge in [-0.1, -0.05) is 82.7 Å². The van der Waals surface area contributed by atoms with Gasteiger partial charge in [-0.3, -0.25) is 4.79 Å². The molecule has 1 aliphatic carbocycles. The Morgan fingerprint density at radius 2 is 1.43 bits per heavy atom. The van der Waals surface area contributed by atoms with Crippen LogP contribution in [-0.4, -0.2) is 32.4 Å². The van der Waals surface area contributed by atoms with E-state index in [9.17, 15) is 4.79 Å². The van der Waals surface area contributed by atoms with Gasteiger partial charge >= 0.3 is 0 Å². The van der Waals surface area contributed by atoms with Crippen molar-refractivity contribution in [3.63, 3.8) is 0 Å². The Hall–Kier alpha value is -2.70. The van der Waals surface area contributed by atoms with Crippen molar-refractivity contribution in [2.45, 2.75) is 109 Å². The van der Waals surface area contributed by atoms with E-state index in [2.05, 4.69) is 17.4 Å². The van der Waals surface area contributed by atoms with Crippen LogP contribution in [0, 0.1) is 0 Å². The maximum atomic E-state index is 13.7. The molecule has 2 aromatic rings. The Morgan fingerprint density at radius 3 is 1.97 bits per heavy atom. The molecule has 0 unspecified atom stereocenters. The normalized spacial score (nSPS) is 14.5. The van der Waals surface area contributed by atoms with Crippen molar-refractivity contribution in [1.29, 1.82) is 0 Å². The molecule has 3 rings (SSSR count). The minimum Gasteiger partial charge on any atom is -0.496 e. The molecule has 1 heterocycles. The fourth-order valence-electron chi connectivity index (χ4n) is 5.38. The summed E-state index contributed by atoms with van der Waals surface area (Å²) < 4.78 is 22.1. The molecule has 1 N–H and O–H groups in total. The molecule has 0 radical (unpaired) electrons. The number of carbonyl (C=O) groups excluding carboxylic acids is 1. The summed E-state index contributed by atoms with van der Waals surface area (Å²) in [6.45, 7) is 2.26. The summed E-state index contributed by atoms with van der Waals surface area (Å²) >= 11 is 0. The Labute approximate surface area is 222 Å². The molecule has 0 aliphatic heterocycles. The summed E-state index contributed by atoms with van der Waals surface area (Å²) in [6, 6.07) is 5.47. The first-order chi connectivity index (χ1) is 18.1. The van der Waals surface area contributed by atoms with Crippen molar-refractivity contribution in [3.05, 3.63) is 29.7 Å². The Balaban J connectivity index is 1.58. The molecule has 0 spiro atoms. The number of anilines is 1. The quantitative estimate of drug-likeness (QED) is 0.219. The Bertz CT molecular complexity index is 940. The van der Waals surface area contributed by atoms with E-state index in [-0.39, 0.29) is 5.91 Å². The third kappa shape index (κ3) is 7.65. The topological polar surface area (TPSA) is 82.8 Å². The van der Waals surface area contributed by atoms with Crippen molar-refractivity contribution in [3.8, 4) is 17.2 Å². The molecule has 206 valence electrons. The number of carbonyl (C=O) groups is 1. The van der Waals surface area contributed by atoms with Gasteiger partial charge in [0.25, 0.3) is 0 Å². The second-order valence-corrected chi connectivity index (χ2v) is 10.3. The number of nitrogens with one attached hydrogen (secondary N) is 1. The molecule has 1 aromatic carbocycles. The first-order valence-corrected chi connectivity index (χ1v) is 14.2. The molecule has 37 heavy (non-hydrogen) atoms. The van der Waals surface area contributed by atoms with Gasteiger partial charge in [-0.15, -0.1) is 0 Å². The van der Waals surface area contributed by atoms with Crippen molar-refractivity contribution < 1.29 is 23.5 Å². The number of hydrogen-bond donors (Lipinski definition) is 1. The molecular formula is C30H46N2O5. The highest BCUT2D eigenvalue weighted by Crippen LogP contribution is 2.44. The number of unbranched alkanes of at least 4 members (excludes halogenated alkanes) is 9. The number of benzene rings is 1. The molecule has 0 atom stereocenters. The van der Waals surface area contributed by atoms with Crippen LogP contribution in [0.2, 0.25) is 0 Å². The van der Waals surface area contributed by atoms with Gasteiger partial charge in [0.15, 0.2) is 0 Å². The minimum atomic E-state index is -0.713. The van der Waals surface area contributed by atoms with Crippen molar-refractivity contribution in [1.82, 2.24) is 5.16 Å². The predicted octanol–water partition coefficient (Wildman–Crippen LogP) is 7.61. The maximum absolute atomic E-state index is 13.7. The van der Waals surface area contributed by atoms with E-state index < -0.39 is 5.41 Å². The number of methoxy groups -OCH3 is 3. The lowest BCUT2D eigenvalue weighted by Crippen LogP contribution is -2.38. The highest BCUT2D eigenvalue weighted by Gasteiger charge is 2.45. The first-order valence-electron chi connectivity index (χ1n) is 14.2. The summed E-state index contributed by atoms with van der Waals surface area (Å²) in [6.07, 6.45) is 17.3. The van der Waals surface area contributed by atoms with Crippen LogP contribution in [0.25, 0.3) is 0 Å². The second-order valence-electron chi connectivity index (χ2n) is 10.3. The highest BCUT2D eigenvalue weighted by atomic mass is 16.5. The van der Waals surface area contributed by atoms with Crippen molar-refractivity contribution in [2.75, 3.05) is 26.6 Å². The van der Waals surface area contributed by atoms with Gasteiger partial charge in [0.1, 0.15) is 28.7 Å². The highest BCUT2D eigenvalue weighted by molar-refractivity contribution is 6.01. The third-order valence-electron chi connectivity index (χ3n) is 7.67. The molecule has 1 aliphatic rings. The number of rotatable bonds is 17. The first kappa shape index (κ1) is 28.9. The standard InChI is InChI=1S/C30H46N2O5/c1-5-6-7-8-9-10-11-12-13-14-17-23-22-27(32-37-23)30(18-15-16-19-30)29(33)31-28-25(35-3)20-24(34-2)21-26(28)36-4/h20-22H,5-19H2,1-4H3,(H,31,33). The van der Waals surface area contributed by atoms with Gasteiger partial charge in [-0.2, -0.15) is 0 Å². The van der Waals surface area contributed by atoms with Gasteiger partial charge < -0.3 is 24.1 Å². The molecule has 0 saturated heterocycles. The largest absolute Gasteiger partial charge is 0.496 e. The van der Waals surface area contributed by atoms with Gasteiger partial charge in [-0.25, -0.2) is 0 Å². The Morgan fingerprint density at radius 1 is 0.865 bits per heavy atom. The lowest BCUT2D eigenvalue weighted by molar-refractivity contribution is -0.121. The van der Waals surface area contributed by atoms with E-state index in [0.29, 0.717) is 22.9 Å².